The van der Waals surface area contributed by atoms with Crippen LogP contribution in [0.5, 0.6) is 0 Å². The molecule has 0 saturated carbocycles. The number of halogens is 1. The molecular formula is C32H43FN6O2S. The van der Waals surface area contributed by atoms with Gasteiger partial charge >= 0.3 is 0 Å². The molecule has 42 heavy (non-hydrogen) atoms. The second-order valence-electron chi connectivity index (χ2n) is 10.2. The summed E-state index contributed by atoms with van der Waals surface area (Å²) in [5, 5.41) is 21.3. The molecule has 0 amide bonds. The Morgan fingerprint density at radius 2 is 1.86 bits per heavy atom. The fourth-order valence-electron chi connectivity index (χ4n) is 4.90. The summed E-state index contributed by atoms with van der Waals surface area (Å²) in [7, 11) is 0. The number of thiophene rings is 1. The number of nitriles is 1. The smallest absolute Gasteiger partial charge is 0.225 e. The number of aliphatic hydroxyl groups is 1. The van der Waals surface area contributed by atoms with Crippen LogP contribution in [0.3, 0.4) is 0 Å². The van der Waals surface area contributed by atoms with Gasteiger partial charge in [-0.3, -0.25) is 4.98 Å². The Labute approximate surface area is 252 Å². The van der Waals surface area contributed by atoms with Crippen LogP contribution >= 0.6 is 11.3 Å². The van der Waals surface area contributed by atoms with E-state index in [4.69, 9.17) is 15.5 Å². The number of nitrogen functional groups attached to an aromatic ring is 1. The number of ether oxygens (including phenoxy) is 1. The van der Waals surface area contributed by atoms with Crippen LogP contribution in [0.1, 0.15) is 83.6 Å². The molecule has 0 bridgehead atoms. The topological polar surface area (TPSA) is 121 Å². The average Bonchev–Trinajstić information content (AvgIpc) is 3.75. The number of hydrogen-bond acceptors (Lipinski definition) is 9. The molecule has 0 radical (unpaired) electrons. The van der Waals surface area contributed by atoms with Gasteiger partial charge in [0.25, 0.3) is 0 Å². The molecule has 4 aromatic rings. The lowest BCUT2D eigenvalue weighted by Gasteiger charge is -2.19. The Morgan fingerprint density at radius 3 is 2.45 bits per heavy atom. The molecule has 1 fully saturated rings. The molecule has 0 spiro atoms. The van der Waals surface area contributed by atoms with Gasteiger partial charge in [0.05, 0.1) is 47.0 Å². The Balaban J connectivity index is 0.000000482. The van der Waals surface area contributed by atoms with Gasteiger partial charge in [0.15, 0.2) is 5.82 Å². The highest BCUT2D eigenvalue weighted by Crippen LogP contribution is 2.45. The normalized spacial score (nSPS) is 15.4. The van der Waals surface area contributed by atoms with E-state index in [1.807, 2.05) is 45.7 Å². The third-order valence-electron chi connectivity index (χ3n) is 7.30. The zero-order chi connectivity index (χ0) is 31.1. The number of aryl methyl sites for hydroxylation is 1. The van der Waals surface area contributed by atoms with E-state index in [1.54, 1.807) is 0 Å². The maximum absolute atomic E-state index is 14.6. The molecule has 1 atom stereocenters. The van der Waals surface area contributed by atoms with Crippen LogP contribution in [0.25, 0.3) is 32.2 Å². The van der Waals surface area contributed by atoms with Crippen molar-refractivity contribution in [1.82, 2.24) is 15.0 Å². The fraction of sp³-hybridized carbons (Fsp3) is 0.500. The van der Waals surface area contributed by atoms with Crippen molar-refractivity contribution < 1.29 is 14.2 Å². The van der Waals surface area contributed by atoms with E-state index in [9.17, 15) is 14.8 Å². The summed E-state index contributed by atoms with van der Waals surface area (Å²) in [6.45, 7) is 18.6. The second-order valence-corrected chi connectivity index (χ2v) is 11.2. The van der Waals surface area contributed by atoms with E-state index < -0.39 is 5.82 Å². The molecule has 226 valence electrons. The summed E-state index contributed by atoms with van der Waals surface area (Å²) in [6, 6.07) is 2.12. The number of β-amino-alcohol motifs (C(OH)–C–C–N with tert-alkyl or cyclic N) is 1. The highest BCUT2D eigenvalue weighted by Gasteiger charge is 2.29. The third-order valence-corrected chi connectivity index (χ3v) is 8.33. The van der Waals surface area contributed by atoms with Crippen molar-refractivity contribution in [3.05, 3.63) is 40.5 Å². The number of rotatable bonds is 3. The van der Waals surface area contributed by atoms with Crippen molar-refractivity contribution in [2.24, 2.45) is 5.92 Å². The second kappa shape index (κ2) is 14.7. The van der Waals surface area contributed by atoms with E-state index >= 15 is 0 Å². The number of aromatic nitrogens is 3. The number of fused-ring (bicyclic) bond motifs is 4. The minimum atomic E-state index is -0.504. The molecule has 2 aliphatic rings. The van der Waals surface area contributed by atoms with Gasteiger partial charge in [-0.25, -0.2) is 14.4 Å². The summed E-state index contributed by atoms with van der Waals surface area (Å²) in [5.41, 5.74) is 11.1. The van der Waals surface area contributed by atoms with E-state index in [0.29, 0.717) is 54.5 Å². The van der Waals surface area contributed by atoms with Crippen LogP contribution < -0.4 is 10.6 Å². The maximum Gasteiger partial charge on any atom is 0.225 e. The quantitative estimate of drug-likeness (QED) is 0.250. The molecule has 10 heteroatoms. The van der Waals surface area contributed by atoms with E-state index in [1.165, 1.54) is 12.6 Å². The number of anilines is 2. The Morgan fingerprint density at radius 1 is 1.19 bits per heavy atom. The Kier molecular flexibility index (Phi) is 11.6. The number of hydrogen-bond donors (Lipinski definition) is 2. The summed E-state index contributed by atoms with van der Waals surface area (Å²) < 4.78 is 20.7. The highest BCUT2D eigenvalue weighted by molar-refractivity contribution is 7.23. The van der Waals surface area contributed by atoms with Crippen molar-refractivity contribution in [1.29, 1.82) is 5.26 Å². The number of nitrogens with two attached hydrogens (primary N) is 1. The minimum absolute atomic E-state index is 0.235. The lowest BCUT2D eigenvalue weighted by Crippen LogP contribution is -2.23. The number of pyridine rings is 1. The van der Waals surface area contributed by atoms with E-state index in [2.05, 4.69) is 36.8 Å². The highest BCUT2D eigenvalue weighted by atomic mass is 32.1. The van der Waals surface area contributed by atoms with Crippen molar-refractivity contribution >= 4 is 43.3 Å². The summed E-state index contributed by atoms with van der Waals surface area (Å²) in [6.07, 6.45) is 4.58. The first kappa shape index (κ1) is 33.1. The number of aliphatic hydroxyl groups excluding tert-OH is 1. The Hall–Kier alpha value is -3.39. The number of nitrogens with zero attached hydrogens (tertiary/aromatic N) is 5. The van der Waals surface area contributed by atoms with Gasteiger partial charge in [-0.05, 0) is 36.0 Å². The third kappa shape index (κ3) is 6.33. The maximum atomic E-state index is 14.6. The van der Waals surface area contributed by atoms with Crippen LogP contribution in [0.2, 0.25) is 0 Å². The van der Waals surface area contributed by atoms with Crippen molar-refractivity contribution in [2.75, 3.05) is 23.7 Å². The summed E-state index contributed by atoms with van der Waals surface area (Å²) in [4.78, 5) is 15.8. The van der Waals surface area contributed by atoms with Crippen molar-refractivity contribution in [3.63, 3.8) is 0 Å². The molecule has 0 aliphatic carbocycles. The molecule has 6 rings (SSSR count). The molecule has 1 saturated heterocycles. The van der Waals surface area contributed by atoms with Crippen molar-refractivity contribution in [3.8, 4) is 17.3 Å². The molecule has 3 aromatic heterocycles. The minimum Gasteiger partial charge on any atom is -0.391 e. The van der Waals surface area contributed by atoms with Gasteiger partial charge in [0.2, 0.25) is 5.95 Å². The molecule has 2 aliphatic heterocycles. The van der Waals surface area contributed by atoms with Crippen LogP contribution in [-0.2, 0) is 18.0 Å². The summed E-state index contributed by atoms with van der Waals surface area (Å²) >= 11 is 1.05. The molecule has 8 nitrogen and oxygen atoms in total. The predicted molar refractivity (Wildman–Crippen MR) is 171 cm³/mol. The van der Waals surface area contributed by atoms with Crippen LogP contribution in [0.15, 0.2) is 12.4 Å². The first-order valence-corrected chi connectivity index (χ1v) is 15.6. The largest absolute Gasteiger partial charge is 0.391 e. The van der Waals surface area contributed by atoms with Crippen LogP contribution in [0.4, 0.5) is 15.3 Å². The van der Waals surface area contributed by atoms with E-state index in [-0.39, 0.29) is 16.7 Å². The molecule has 1 unspecified atom stereocenters. The lowest BCUT2D eigenvalue weighted by atomic mass is 9.90. The Bertz CT molecular complexity index is 1580. The van der Waals surface area contributed by atoms with Gasteiger partial charge in [-0.15, -0.1) is 11.3 Å². The van der Waals surface area contributed by atoms with E-state index in [0.717, 1.165) is 50.4 Å². The van der Waals surface area contributed by atoms with Gasteiger partial charge in [0.1, 0.15) is 11.1 Å². The first-order chi connectivity index (χ1) is 20.2. The molecular weight excluding hydrogens is 551 g/mol. The zero-order valence-corrected chi connectivity index (χ0v) is 26.8. The van der Waals surface area contributed by atoms with Crippen LogP contribution in [-0.4, -0.2) is 39.3 Å². The monoisotopic (exact) mass is 594 g/mol. The SMILES string of the molecule is CC.CC.CCC(C)C.Cc1c(-c2ncc(F)c3sc(N)c(C#N)c23)c2c(c3cnc(N4CCC(O)C4)nc13)COC2. The molecule has 1 aromatic carbocycles. The van der Waals surface area contributed by atoms with Gasteiger partial charge in [-0.1, -0.05) is 54.9 Å². The van der Waals surface area contributed by atoms with Gasteiger partial charge in [-0.2, -0.15) is 5.26 Å². The standard InChI is InChI=1S/C23H19FN6O2S.C5H12.2C2H6/c1-10-17(20-18-12(4-25)22(26)33-21(18)16(24)6-27-20)15-9-32-8-14(15)13-5-28-23(29-19(10)13)30-3-2-11(31)7-30;1-4-5(2)3;2*1-2/h5-6,11,31H,2-3,7-9,26H2,1H3;5H,4H2,1-3H3;2*1-2H3. The molecule has 3 N–H and O–H groups in total. The van der Waals surface area contributed by atoms with Crippen molar-refractivity contribution in [2.45, 2.75) is 87.5 Å². The zero-order valence-electron chi connectivity index (χ0n) is 26.0. The average molecular weight is 595 g/mol. The summed E-state index contributed by atoms with van der Waals surface area (Å²) in [5.74, 6) is 0.937. The first-order valence-electron chi connectivity index (χ1n) is 14.8. The molecule has 5 heterocycles. The number of benzene rings is 1. The predicted octanol–water partition coefficient (Wildman–Crippen LogP) is 7.51. The van der Waals surface area contributed by atoms with Gasteiger partial charge < -0.3 is 20.5 Å². The lowest BCUT2D eigenvalue weighted by molar-refractivity contribution is 0.135. The fourth-order valence-corrected chi connectivity index (χ4v) is 5.82. The van der Waals surface area contributed by atoms with Gasteiger partial charge in [0, 0.05) is 35.6 Å². The van der Waals surface area contributed by atoms with Crippen LogP contribution in [0, 0.1) is 30.0 Å².